The van der Waals surface area contributed by atoms with Gasteiger partial charge in [-0.3, -0.25) is 0 Å². The van der Waals surface area contributed by atoms with Crippen molar-refractivity contribution in [3.05, 3.63) is 60.2 Å². The van der Waals surface area contributed by atoms with Crippen molar-refractivity contribution in [2.24, 2.45) is 0 Å². The van der Waals surface area contributed by atoms with E-state index in [1.165, 1.54) is 6.07 Å². The monoisotopic (exact) mass is 281 g/mol. The van der Waals surface area contributed by atoms with Crippen LogP contribution in [0.15, 0.2) is 48.5 Å². The van der Waals surface area contributed by atoms with E-state index in [9.17, 15) is 8.78 Å². The number of fused-ring (bicyclic) bond motifs is 2. The Morgan fingerprint density at radius 1 is 0.857 bits per heavy atom. The molecule has 21 heavy (non-hydrogen) atoms. The van der Waals surface area contributed by atoms with Gasteiger partial charge < -0.3 is 4.98 Å². The minimum atomic E-state index is -0.948. The molecule has 102 valence electrons. The second-order valence-electron chi connectivity index (χ2n) is 4.73. The summed E-state index contributed by atoms with van der Waals surface area (Å²) in [6.45, 7) is 0. The first-order chi connectivity index (χ1) is 10.2. The number of aromatic nitrogens is 3. The third-order valence-electron chi connectivity index (χ3n) is 3.39. The van der Waals surface area contributed by atoms with Gasteiger partial charge in [0, 0.05) is 5.39 Å². The fourth-order valence-corrected chi connectivity index (χ4v) is 2.34. The Hall–Kier alpha value is -2.82. The summed E-state index contributed by atoms with van der Waals surface area (Å²) in [4.78, 5) is 11.6. The largest absolute Gasteiger partial charge is 0.337 e. The van der Waals surface area contributed by atoms with Gasteiger partial charge in [-0.05, 0) is 24.3 Å². The Labute approximate surface area is 118 Å². The van der Waals surface area contributed by atoms with Gasteiger partial charge in [0.1, 0.15) is 11.2 Å². The van der Waals surface area contributed by atoms with Crippen LogP contribution in [0.5, 0.6) is 0 Å². The molecular weight excluding hydrogens is 272 g/mol. The van der Waals surface area contributed by atoms with Crippen molar-refractivity contribution in [1.82, 2.24) is 15.0 Å². The Morgan fingerprint density at radius 3 is 2.62 bits per heavy atom. The van der Waals surface area contributed by atoms with Gasteiger partial charge in [-0.25, -0.2) is 18.7 Å². The van der Waals surface area contributed by atoms with Crippen molar-refractivity contribution in [1.29, 1.82) is 0 Å². The maximum Gasteiger partial charge on any atom is 0.186 e. The Kier molecular flexibility index (Phi) is 2.47. The van der Waals surface area contributed by atoms with Gasteiger partial charge in [-0.15, -0.1) is 0 Å². The smallest absolute Gasteiger partial charge is 0.186 e. The fourth-order valence-electron chi connectivity index (χ4n) is 2.34. The molecule has 0 unspecified atom stereocenters. The van der Waals surface area contributed by atoms with E-state index in [4.69, 9.17) is 0 Å². The number of nitrogens with one attached hydrogen (secondary N) is 1. The highest BCUT2D eigenvalue weighted by Crippen LogP contribution is 2.24. The first-order valence-corrected chi connectivity index (χ1v) is 6.42. The first kappa shape index (κ1) is 12.0. The molecule has 0 aliphatic rings. The zero-order valence-electron chi connectivity index (χ0n) is 10.8. The van der Waals surface area contributed by atoms with Crippen LogP contribution >= 0.6 is 0 Å². The minimum absolute atomic E-state index is 0.0139. The van der Waals surface area contributed by atoms with E-state index < -0.39 is 11.6 Å². The van der Waals surface area contributed by atoms with Gasteiger partial charge >= 0.3 is 0 Å². The van der Waals surface area contributed by atoms with Crippen LogP contribution in [0.2, 0.25) is 0 Å². The van der Waals surface area contributed by atoms with Crippen LogP contribution in [0.25, 0.3) is 33.5 Å². The summed E-state index contributed by atoms with van der Waals surface area (Å²) in [6.07, 6.45) is 0. The molecule has 2 heterocycles. The lowest BCUT2D eigenvalue weighted by Gasteiger charge is -1.99. The van der Waals surface area contributed by atoms with Crippen LogP contribution in [-0.4, -0.2) is 15.0 Å². The van der Waals surface area contributed by atoms with Crippen molar-refractivity contribution in [3.8, 4) is 11.5 Å². The van der Waals surface area contributed by atoms with Crippen molar-refractivity contribution in [3.63, 3.8) is 0 Å². The molecule has 0 saturated heterocycles. The third kappa shape index (κ3) is 1.86. The summed E-state index contributed by atoms with van der Waals surface area (Å²) < 4.78 is 26.9. The molecule has 0 radical (unpaired) electrons. The predicted molar refractivity (Wildman–Crippen MR) is 76.7 cm³/mol. The molecule has 3 nitrogen and oxygen atoms in total. The van der Waals surface area contributed by atoms with Gasteiger partial charge in [0.25, 0.3) is 0 Å². The number of para-hydroxylation sites is 1. The van der Waals surface area contributed by atoms with Crippen molar-refractivity contribution in [2.75, 3.05) is 0 Å². The summed E-state index contributed by atoms with van der Waals surface area (Å²) in [5, 5.41) is 1.01. The number of pyridine rings is 1. The molecule has 0 aliphatic heterocycles. The number of aromatic amines is 1. The summed E-state index contributed by atoms with van der Waals surface area (Å²) in [5.74, 6) is -1.44. The van der Waals surface area contributed by atoms with Gasteiger partial charge in [-0.1, -0.05) is 24.3 Å². The van der Waals surface area contributed by atoms with Gasteiger partial charge in [0.05, 0.1) is 11.0 Å². The molecule has 2 aromatic carbocycles. The molecule has 0 fully saturated rings. The molecule has 0 aliphatic carbocycles. The molecule has 0 amide bonds. The van der Waals surface area contributed by atoms with Gasteiger partial charge in [0.2, 0.25) is 0 Å². The van der Waals surface area contributed by atoms with Crippen LogP contribution in [0.1, 0.15) is 0 Å². The highest BCUT2D eigenvalue weighted by atomic mass is 19.2. The number of imidazole rings is 1. The van der Waals surface area contributed by atoms with E-state index in [0.717, 1.165) is 17.0 Å². The average Bonchev–Trinajstić information content (AvgIpc) is 2.95. The number of rotatable bonds is 1. The normalized spacial score (nSPS) is 11.3. The van der Waals surface area contributed by atoms with Crippen LogP contribution in [0.4, 0.5) is 8.78 Å². The molecule has 2 aromatic heterocycles. The summed E-state index contributed by atoms with van der Waals surface area (Å²) in [5.41, 5.74) is 1.84. The average molecular weight is 281 g/mol. The maximum atomic E-state index is 13.7. The van der Waals surface area contributed by atoms with E-state index in [1.54, 1.807) is 6.07 Å². The zero-order chi connectivity index (χ0) is 14.4. The topological polar surface area (TPSA) is 41.6 Å². The van der Waals surface area contributed by atoms with E-state index >= 15 is 0 Å². The second kappa shape index (κ2) is 4.34. The van der Waals surface area contributed by atoms with Crippen molar-refractivity contribution < 1.29 is 8.78 Å². The zero-order valence-corrected chi connectivity index (χ0v) is 10.8. The van der Waals surface area contributed by atoms with Crippen LogP contribution in [0.3, 0.4) is 0 Å². The van der Waals surface area contributed by atoms with Gasteiger partial charge in [0.15, 0.2) is 17.5 Å². The molecule has 5 heteroatoms. The first-order valence-electron chi connectivity index (χ1n) is 6.42. The molecule has 0 atom stereocenters. The standard InChI is InChI=1S/C16H9F2N3/c17-10-6-8-12-15(14(10)18)21-16(20-12)13-7-5-9-3-1-2-4-11(9)19-13/h1-8H,(H,20,21). The van der Waals surface area contributed by atoms with E-state index in [1.807, 2.05) is 30.3 Å². The van der Waals surface area contributed by atoms with E-state index in [0.29, 0.717) is 17.0 Å². The highest BCUT2D eigenvalue weighted by Gasteiger charge is 2.13. The SMILES string of the molecule is Fc1ccc2[nH]c(-c3ccc4ccccc4n3)nc2c1F. The number of benzene rings is 2. The second-order valence-corrected chi connectivity index (χ2v) is 4.73. The van der Waals surface area contributed by atoms with E-state index in [-0.39, 0.29) is 5.52 Å². The molecule has 4 aromatic rings. The molecule has 0 saturated carbocycles. The third-order valence-corrected chi connectivity index (χ3v) is 3.39. The Balaban J connectivity index is 1.93. The fraction of sp³-hybridized carbons (Fsp3) is 0. The molecule has 0 spiro atoms. The lowest BCUT2D eigenvalue weighted by Crippen LogP contribution is -1.87. The van der Waals surface area contributed by atoms with Crippen LogP contribution < -0.4 is 0 Å². The van der Waals surface area contributed by atoms with Crippen molar-refractivity contribution in [2.45, 2.75) is 0 Å². The summed E-state index contributed by atoms with van der Waals surface area (Å²) in [7, 11) is 0. The molecular formula is C16H9F2N3. The highest BCUT2D eigenvalue weighted by molar-refractivity contribution is 5.83. The number of hydrogen-bond donors (Lipinski definition) is 1. The minimum Gasteiger partial charge on any atom is -0.337 e. The predicted octanol–water partition coefficient (Wildman–Crippen LogP) is 4.06. The van der Waals surface area contributed by atoms with Crippen LogP contribution in [-0.2, 0) is 0 Å². The summed E-state index contributed by atoms with van der Waals surface area (Å²) >= 11 is 0. The molecule has 1 N–H and O–H groups in total. The lowest BCUT2D eigenvalue weighted by atomic mass is 10.2. The number of hydrogen-bond acceptors (Lipinski definition) is 2. The van der Waals surface area contributed by atoms with Crippen LogP contribution in [0, 0.1) is 11.6 Å². The maximum absolute atomic E-state index is 13.7. The Bertz CT molecular complexity index is 976. The summed E-state index contributed by atoms with van der Waals surface area (Å²) in [6, 6.07) is 13.9. The van der Waals surface area contributed by atoms with Crippen molar-refractivity contribution >= 4 is 21.9 Å². The van der Waals surface area contributed by atoms with E-state index in [2.05, 4.69) is 15.0 Å². The van der Waals surface area contributed by atoms with Gasteiger partial charge in [-0.2, -0.15) is 0 Å². The number of halogens is 2. The number of H-pyrrole nitrogens is 1. The lowest BCUT2D eigenvalue weighted by molar-refractivity contribution is 0.515. The molecule has 0 bridgehead atoms. The number of nitrogens with zero attached hydrogens (tertiary/aromatic N) is 2. The Morgan fingerprint density at radius 2 is 1.71 bits per heavy atom. The quantitative estimate of drug-likeness (QED) is 0.571. The molecule has 4 rings (SSSR count).